The molecule has 2 aliphatic carbocycles. The molecule has 0 aliphatic heterocycles. The Morgan fingerprint density at radius 3 is 2.28 bits per heavy atom. The molecule has 3 nitrogen and oxygen atoms in total. The number of hydrogen-bond acceptors (Lipinski definition) is 2. The van der Waals surface area contributed by atoms with E-state index in [0.717, 1.165) is 6.42 Å². The van der Waals surface area contributed by atoms with Gasteiger partial charge in [-0.05, 0) is 37.5 Å². The van der Waals surface area contributed by atoms with Crippen molar-refractivity contribution in [3.63, 3.8) is 0 Å². The number of rotatable bonds is 5. The van der Waals surface area contributed by atoms with Crippen LogP contribution in [-0.2, 0) is 4.79 Å². The molecule has 2 saturated carbocycles. The van der Waals surface area contributed by atoms with Crippen molar-refractivity contribution in [1.82, 2.24) is 4.90 Å². The summed E-state index contributed by atoms with van der Waals surface area (Å²) in [6.07, 6.45) is 11.1. The first-order valence-electron chi connectivity index (χ1n) is 7.68. The fraction of sp³-hybridized carbons (Fsp3) is 0.933. The van der Waals surface area contributed by atoms with E-state index in [0.29, 0.717) is 30.3 Å². The summed E-state index contributed by atoms with van der Waals surface area (Å²) in [5.74, 6) is 1.63. The quantitative estimate of drug-likeness (QED) is 0.764. The summed E-state index contributed by atoms with van der Waals surface area (Å²) >= 11 is 0. The average molecular weight is 252 g/mol. The Labute approximate surface area is 111 Å². The standard InChI is InChI=1S/C15H28N2O/c1-17(14(11-16)13-8-9-13)15(18)10-12-6-4-2-3-5-7-12/h12-14H,2-11,16H2,1H3. The van der Waals surface area contributed by atoms with Gasteiger partial charge in [-0.1, -0.05) is 25.7 Å². The molecule has 104 valence electrons. The van der Waals surface area contributed by atoms with E-state index in [9.17, 15) is 4.79 Å². The maximum atomic E-state index is 12.3. The second kappa shape index (κ2) is 6.55. The molecular formula is C15H28N2O. The monoisotopic (exact) mass is 252 g/mol. The Bertz CT molecular complexity index is 268. The highest BCUT2D eigenvalue weighted by Crippen LogP contribution is 2.35. The third-order valence-electron chi connectivity index (χ3n) is 4.74. The van der Waals surface area contributed by atoms with Crippen LogP contribution in [-0.4, -0.2) is 30.4 Å². The lowest BCUT2D eigenvalue weighted by atomic mass is 9.95. The molecule has 0 saturated heterocycles. The van der Waals surface area contributed by atoms with Crippen LogP contribution in [0.5, 0.6) is 0 Å². The summed E-state index contributed by atoms with van der Waals surface area (Å²) in [5, 5.41) is 0. The van der Waals surface area contributed by atoms with E-state index in [4.69, 9.17) is 5.73 Å². The lowest BCUT2D eigenvalue weighted by Gasteiger charge is -2.28. The second-order valence-electron chi connectivity index (χ2n) is 6.21. The molecule has 2 N–H and O–H groups in total. The van der Waals surface area contributed by atoms with Gasteiger partial charge in [-0.3, -0.25) is 4.79 Å². The van der Waals surface area contributed by atoms with Gasteiger partial charge in [0.25, 0.3) is 0 Å². The van der Waals surface area contributed by atoms with Gasteiger partial charge in [0, 0.05) is 26.1 Å². The summed E-state index contributed by atoms with van der Waals surface area (Å²) in [6, 6.07) is 0.295. The van der Waals surface area contributed by atoms with E-state index in [1.54, 1.807) is 0 Å². The van der Waals surface area contributed by atoms with E-state index in [1.807, 2.05) is 11.9 Å². The van der Waals surface area contributed by atoms with Crippen molar-refractivity contribution in [2.75, 3.05) is 13.6 Å². The van der Waals surface area contributed by atoms with E-state index in [2.05, 4.69) is 0 Å². The lowest BCUT2D eigenvalue weighted by Crippen LogP contribution is -2.43. The molecule has 0 bridgehead atoms. The molecule has 3 heteroatoms. The van der Waals surface area contributed by atoms with Crippen LogP contribution >= 0.6 is 0 Å². The van der Waals surface area contributed by atoms with Crippen LogP contribution in [0.15, 0.2) is 0 Å². The van der Waals surface area contributed by atoms with Crippen LogP contribution < -0.4 is 5.73 Å². The van der Waals surface area contributed by atoms with E-state index < -0.39 is 0 Å². The van der Waals surface area contributed by atoms with Gasteiger partial charge in [0.15, 0.2) is 0 Å². The molecule has 0 aromatic carbocycles. The highest BCUT2D eigenvalue weighted by molar-refractivity contribution is 5.76. The van der Waals surface area contributed by atoms with Gasteiger partial charge in [0.2, 0.25) is 5.91 Å². The highest BCUT2D eigenvalue weighted by atomic mass is 16.2. The summed E-state index contributed by atoms with van der Waals surface area (Å²) < 4.78 is 0. The minimum atomic E-state index is 0.295. The van der Waals surface area contributed by atoms with Crippen molar-refractivity contribution in [2.24, 2.45) is 17.6 Å². The molecule has 0 spiro atoms. The summed E-state index contributed by atoms with van der Waals surface area (Å²) in [7, 11) is 1.95. The number of hydrogen-bond donors (Lipinski definition) is 1. The van der Waals surface area contributed by atoms with E-state index in [-0.39, 0.29) is 0 Å². The van der Waals surface area contributed by atoms with Crippen molar-refractivity contribution in [3.05, 3.63) is 0 Å². The molecule has 1 atom stereocenters. The zero-order valence-corrected chi connectivity index (χ0v) is 11.7. The Balaban J connectivity index is 1.81. The molecule has 2 rings (SSSR count). The minimum Gasteiger partial charge on any atom is -0.341 e. The lowest BCUT2D eigenvalue weighted by molar-refractivity contribution is -0.133. The van der Waals surface area contributed by atoms with Crippen molar-refractivity contribution in [3.8, 4) is 0 Å². The van der Waals surface area contributed by atoms with Crippen molar-refractivity contribution >= 4 is 5.91 Å². The maximum Gasteiger partial charge on any atom is 0.222 e. The Morgan fingerprint density at radius 2 is 1.78 bits per heavy atom. The Morgan fingerprint density at radius 1 is 1.17 bits per heavy atom. The van der Waals surface area contributed by atoms with Gasteiger partial charge >= 0.3 is 0 Å². The predicted octanol–water partition coefficient (Wildman–Crippen LogP) is 2.54. The molecule has 0 heterocycles. The average Bonchev–Trinajstić information content (AvgIpc) is 3.17. The van der Waals surface area contributed by atoms with Gasteiger partial charge in [0.05, 0.1) is 0 Å². The van der Waals surface area contributed by atoms with Crippen molar-refractivity contribution in [1.29, 1.82) is 0 Å². The summed E-state index contributed by atoms with van der Waals surface area (Å²) in [4.78, 5) is 14.3. The number of carbonyl (C=O) groups excluding carboxylic acids is 1. The van der Waals surface area contributed by atoms with Gasteiger partial charge < -0.3 is 10.6 Å². The third kappa shape index (κ3) is 3.71. The molecule has 0 aromatic rings. The number of nitrogens with zero attached hydrogens (tertiary/aromatic N) is 1. The molecule has 1 amide bonds. The fourth-order valence-corrected chi connectivity index (χ4v) is 3.29. The molecule has 1 unspecified atom stereocenters. The Hall–Kier alpha value is -0.570. The number of amides is 1. The van der Waals surface area contributed by atoms with Crippen LogP contribution in [0.4, 0.5) is 0 Å². The largest absolute Gasteiger partial charge is 0.341 e. The van der Waals surface area contributed by atoms with E-state index in [1.165, 1.54) is 51.4 Å². The molecular weight excluding hydrogens is 224 g/mol. The Kier molecular flexibility index (Phi) is 5.04. The van der Waals surface area contributed by atoms with Gasteiger partial charge in [-0.2, -0.15) is 0 Å². The molecule has 0 radical (unpaired) electrons. The summed E-state index contributed by atoms with van der Waals surface area (Å²) in [5.41, 5.74) is 5.82. The van der Waals surface area contributed by atoms with Gasteiger partial charge in [-0.25, -0.2) is 0 Å². The third-order valence-corrected chi connectivity index (χ3v) is 4.74. The first kappa shape index (κ1) is 13.9. The number of likely N-dealkylation sites (N-methyl/N-ethyl adjacent to an activating group) is 1. The van der Waals surface area contributed by atoms with Crippen LogP contribution in [0.3, 0.4) is 0 Å². The maximum absolute atomic E-state index is 12.3. The first-order chi connectivity index (χ1) is 8.72. The smallest absolute Gasteiger partial charge is 0.222 e. The topological polar surface area (TPSA) is 46.3 Å². The first-order valence-corrected chi connectivity index (χ1v) is 7.68. The number of nitrogens with two attached hydrogens (primary N) is 1. The zero-order valence-electron chi connectivity index (χ0n) is 11.7. The van der Waals surface area contributed by atoms with Crippen LogP contribution in [0.1, 0.15) is 57.8 Å². The highest BCUT2D eigenvalue weighted by Gasteiger charge is 2.35. The molecule has 2 fully saturated rings. The SMILES string of the molecule is CN(C(=O)CC1CCCCCC1)C(CN)C1CC1. The van der Waals surface area contributed by atoms with Crippen LogP contribution in [0.25, 0.3) is 0 Å². The molecule has 18 heavy (non-hydrogen) atoms. The van der Waals surface area contributed by atoms with Crippen LogP contribution in [0.2, 0.25) is 0 Å². The fourth-order valence-electron chi connectivity index (χ4n) is 3.29. The second-order valence-corrected chi connectivity index (χ2v) is 6.21. The minimum absolute atomic E-state index is 0.295. The molecule has 2 aliphatic rings. The van der Waals surface area contributed by atoms with E-state index >= 15 is 0 Å². The summed E-state index contributed by atoms with van der Waals surface area (Å²) in [6.45, 7) is 0.623. The van der Waals surface area contributed by atoms with Crippen molar-refractivity contribution < 1.29 is 4.79 Å². The zero-order chi connectivity index (χ0) is 13.0. The van der Waals surface area contributed by atoms with Crippen molar-refractivity contribution in [2.45, 2.75) is 63.8 Å². The predicted molar refractivity (Wildman–Crippen MR) is 74.1 cm³/mol. The van der Waals surface area contributed by atoms with Crippen LogP contribution in [0, 0.1) is 11.8 Å². The normalized spacial score (nSPS) is 23.4. The number of carbonyl (C=O) groups is 1. The van der Waals surface area contributed by atoms with Gasteiger partial charge in [-0.15, -0.1) is 0 Å². The van der Waals surface area contributed by atoms with Gasteiger partial charge in [0.1, 0.15) is 0 Å². The molecule has 0 aromatic heterocycles.